The fourth-order valence-electron chi connectivity index (χ4n) is 2.75. The van der Waals surface area contributed by atoms with E-state index in [-0.39, 0.29) is 13.2 Å². The highest BCUT2D eigenvalue weighted by Gasteiger charge is 2.22. The second-order valence-electron chi connectivity index (χ2n) is 7.37. The van der Waals surface area contributed by atoms with E-state index in [0.29, 0.717) is 28.7 Å². The largest absolute Gasteiger partial charge is 0.484 e. The van der Waals surface area contributed by atoms with Crippen molar-refractivity contribution in [3.05, 3.63) is 46.8 Å². The van der Waals surface area contributed by atoms with Crippen molar-refractivity contribution in [3.8, 4) is 5.75 Å². The highest BCUT2D eigenvalue weighted by Crippen LogP contribution is 2.30. The van der Waals surface area contributed by atoms with E-state index in [1.807, 2.05) is 19.9 Å². The fourth-order valence-corrected chi connectivity index (χ4v) is 3.73. The Morgan fingerprint density at radius 2 is 1.73 bits per heavy atom. The van der Waals surface area contributed by atoms with Crippen molar-refractivity contribution >= 4 is 40.1 Å². The van der Waals surface area contributed by atoms with Crippen LogP contribution in [0.25, 0.3) is 0 Å². The SMILES string of the molecule is CCOC(=O)c1c(CC(C)C)csc1NC(=O)COC(=O)CNC(=O)COc1ccccc1. The van der Waals surface area contributed by atoms with Crippen LogP contribution in [0.1, 0.15) is 36.7 Å². The zero-order chi connectivity index (χ0) is 24.2. The van der Waals surface area contributed by atoms with Crippen LogP contribution in [0.4, 0.5) is 5.00 Å². The molecule has 2 amide bonds. The predicted octanol–water partition coefficient (Wildman–Crippen LogP) is 2.80. The maximum atomic E-state index is 12.4. The topological polar surface area (TPSA) is 120 Å². The van der Waals surface area contributed by atoms with E-state index in [0.717, 1.165) is 5.56 Å². The van der Waals surface area contributed by atoms with E-state index in [1.54, 1.807) is 36.6 Å². The second-order valence-corrected chi connectivity index (χ2v) is 8.25. The lowest BCUT2D eigenvalue weighted by molar-refractivity contribution is -0.147. The average molecular weight is 477 g/mol. The summed E-state index contributed by atoms with van der Waals surface area (Å²) in [6.45, 7) is 4.74. The molecule has 0 aliphatic rings. The summed E-state index contributed by atoms with van der Waals surface area (Å²) in [6.07, 6.45) is 0.656. The van der Waals surface area contributed by atoms with Crippen molar-refractivity contribution < 1.29 is 33.4 Å². The third kappa shape index (κ3) is 8.93. The van der Waals surface area contributed by atoms with Gasteiger partial charge in [-0.3, -0.25) is 14.4 Å². The smallest absolute Gasteiger partial charge is 0.341 e. The third-order valence-electron chi connectivity index (χ3n) is 4.14. The first-order valence-electron chi connectivity index (χ1n) is 10.5. The molecule has 2 rings (SSSR count). The molecule has 0 bridgehead atoms. The molecule has 0 fully saturated rings. The molecule has 0 saturated carbocycles. The summed E-state index contributed by atoms with van der Waals surface area (Å²) in [6, 6.07) is 8.76. The standard InChI is InChI=1S/C23H28N2O7S/c1-4-30-23(29)21-16(10-15(2)3)14-33-22(21)25-19(27)13-32-20(28)11-24-18(26)12-31-17-8-6-5-7-9-17/h5-9,14-15H,4,10-13H2,1-3H3,(H,24,26)(H,25,27). The first-order valence-corrected chi connectivity index (χ1v) is 11.4. The van der Waals surface area contributed by atoms with Gasteiger partial charge in [0, 0.05) is 0 Å². The Morgan fingerprint density at radius 3 is 2.39 bits per heavy atom. The van der Waals surface area contributed by atoms with E-state index >= 15 is 0 Å². The van der Waals surface area contributed by atoms with Gasteiger partial charge in [-0.1, -0.05) is 32.0 Å². The van der Waals surface area contributed by atoms with Crippen LogP contribution in [-0.4, -0.2) is 50.1 Å². The van der Waals surface area contributed by atoms with Crippen molar-refractivity contribution in [2.45, 2.75) is 27.2 Å². The molecule has 0 unspecified atom stereocenters. The molecule has 33 heavy (non-hydrogen) atoms. The van der Waals surface area contributed by atoms with Gasteiger partial charge in [-0.15, -0.1) is 11.3 Å². The number of nitrogens with one attached hydrogen (secondary N) is 2. The van der Waals surface area contributed by atoms with Crippen LogP contribution in [-0.2, 0) is 30.3 Å². The number of rotatable bonds is 12. The van der Waals surface area contributed by atoms with E-state index in [1.165, 1.54) is 11.3 Å². The number of para-hydroxylation sites is 1. The van der Waals surface area contributed by atoms with Gasteiger partial charge in [-0.05, 0) is 42.3 Å². The summed E-state index contributed by atoms with van der Waals surface area (Å²) < 4.78 is 15.3. The molecule has 0 radical (unpaired) electrons. The van der Waals surface area contributed by atoms with E-state index in [4.69, 9.17) is 14.2 Å². The molecular weight excluding hydrogens is 448 g/mol. The third-order valence-corrected chi connectivity index (χ3v) is 5.08. The van der Waals surface area contributed by atoms with Gasteiger partial charge in [0.05, 0.1) is 12.2 Å². The Labute approximate surface area is 196 Å². The highest BCUT2D eigenvalue weighted by molar-refractivity contribution is 7.15. The maximum Gasteiger partial charge on any atom is 0.341 e. The molecule has 0 saturated heterocycles. The molecule has 9 nitrogen and oxygen atoms in total. The molecule has 0 aliphatic carbocycles. The lowest BCUT2D eigenvalue weighted by atomic mass is 10.0. The Morgan fingerprint density at radius 1 is 1.00 bits per heavy atom. The lowest BCUT2D eigenvalue weighted by Crippen LogP contribution is -2.35. The van der Waals surface area contributed by atoms with Crippen molar-refractivity contribution in [2.24, 2.45) is 5.92 Å². The minimum Gasteiger partial charge on any atom is -0.484 e. The number of anilines is 1. The summed E-state index contributed by atoms with van der Waals surface area (Å²) >= 11 is 1.21. The van der Waals surface area contributed by atoms with Crippen molar-refractivity contribution in [2.75, 3.05) is 31.7 Å². The number of hydrogen-bond acceptors (Lipinski definition) is 8. The van der Waals surface area contributed by atoms with Crippen LogP contribution in [0.2, 0.25) is 0 Å². The highest BCUT2D eigenvalue weighted by atomic mass is 32.1. The zero-order valence-electron chi connectivity index (χ0n) is 18.8. The van der Waals surface area contributed by atoms with E-state index in [2.05, 4.69) is 10.6 Å². The fraction of sp³-hybridized carbons (Fsp3) is 0.391. The Bertz CT molecular complexity index is 957. The minimum absolute atomic E-state index is 0.211. The molecule has 10 heteroatoms. The van der Waals surface area contributed by atoms with Gasteiger partial charge in [-0.25, -0.2) is 4.79 Å². The molecule has 1 heterocycles. The monoisotopic (exact) mass is 476 g/mol. The van der Waals surface area contributed by atoms with Gasteiger partial charge < -0.3 is 24.8 Å². The minimum atomic E-state index is -0.782. The first-order chi connectivity index (χ1) is 15.8. The van der Waals surface area contributed by atoms with E-state index < -0.39 is 36.9 Å². The van der Waals surface area contributed by atoms with Crippen molar-refractivity contribution in [3.63, 3.8) is 0 Å². The molecule has 1 aromatic heterocycles. The van der Waals surface area contributed by atoms with Crippen LogP contribution in [0.3, 0.4) is 0 Å². The average Bonchev–Trinajstić information content (AvgIpc) is 3.16. The van der Waals surface area contributed by atoms with Crippen molar-refractivity contribution in [1.29, 1.82) is 0 Å². The van der Waals surface area contributed by atoms with Crippen LogP contribution in [0.15, 0.2) is 35.7 Å². The number of ether oxygens (including phenoxy) is 3. The molecule has 2 aromatic rings. The van der Waals surface area contributed by atoms with Crippen LogP contribution < -0.4 is 15.4 Å². The molecule has 178 valence electrons. The van der Waals surface area contributed by atoms with Gasteiger partial charge in [0.15, 0.2) is 13.2 Å². The Kier molecular flexibility index (Phi) is 10.4. The Balaban J connectivity index is 1.80. The van der Waals surface area contributed by atoms with Gasteiger partial charge in [-0.2, -0.15) is 0 Å². The number of carbonyl (C=O) groups excluding carboxylic acids is 4. The quantitative estimate of drug-likeness (QED) is 0.452. The number of esters is 2. The zero-order valence-corrected chi connectivity index (χ0v) is 19.7. The molecule has 0 aliphatic heterocycles. The molecule has 0 atom stereocenters. The summed E-state index contributed by atoms with van der Waals surface area (Å²) in [5.74, 6) is -1.57. The molecular formula is C23H28N2O7S. The van der Waals surface area contributed by atoms with Crippen LogP contribution >= 0.6 is 11.3 Å². The van der Waals surface area contributed by atoms with Gasteiger partial charge in [0.1, 0.15) is 17.3 Å². The predicted molar refractivity (Wildman–Crippen MR) is 123 cm³/mol. The van der Waals surface area contributed by atoms with Crippen molar-refractivity contribution in [1.82, 2.24) is 5.32 Å². The number of thiophene rings is 1. The molecule has 2 N–H and O–H groups in total. The number of hydrogen-bond donors (Lipinski definition) is 2. The number of amides is 2. The van der Waals surface area contributed by atoms with Crippen LogP contribution in [0.5, 0.6) is 5.75 Å². The Hall–Kier alpha value is -3.40. The summed E-state index contributed by atoms with van der Waals surface area (Å²) in [5, 5.41) is 7.10. The van der Waals surface area contributed by atoms with Gasteiger partial charge in [0.25, 0.3) is 11.8 Å². The summed E-state index contributed by atoms with van der Waals surface area (Å²) in [5.41, 5.74) is 1.11. The molecule has 1 aromatic carbocycles. The van der Waals surface area contributed by atoms with E-state index in [9.17, 15) is 19.2 Å². The van der Waals surface area contributed by atoms with Crippen LogP contribution in [0, 0.1) is 5.92 Å². The molecule has 0 spiro atoms. The normalized spacial score (nSPS) is 10.4. The summed E-state index contributed by atoms with van der Waals surface area (Å²) in [4.78, 5) is 48.2. The first kappa shape index (κ1) is 25.9. The summed E-state index contributed by atoms with van der Waals surface area (Å²) in [7, 11) is 0. The number of benzene rings is 1. The van der Waals surface area contributed by atoms with Gasteiger partial charge >= 0.3 is 11.9 Å². The number of carbonyl (C=O) groups is 4. The maximum absolute atomic E-state index is 12.4. The second kappa shape index (κ2) is 13.2. The lowest BCUT2D eigenvalue weighted by Gasteiger charge is -2.10. The van der Waals surface area contributed by atoms with Gasteiger partial charge in [0.2, 0.25) is 0 Å².